The fourth-order valence-electron chi connectivity index (χ4n) is 2.89. The zero-order chi connectivity index (χ0) is 13.7. The van der Waals surface area contributed by atoms with Crippen molar-refractivity contribution in [1.82, 2.24) is 5.32 Å². The van der Waals surface area contributed by atoms with Crippen LogP contribution in [0.5, 0.6) is 0 Å². The summed E-state index contributed by atoms with van der Waals surface area (Å²) in [6.07, 6.45) is 6.66. The van der Waals surface area contributed by atoms with Crippen molar-refractivity contribution >= 4 is 0 Å². The molecule has 0 radical (unpaired) electrons. The Morgan fingerprint density at radius 3 is 2.63 bits per heavy atom. The monoisotopic (exact) mass is 259 g/mol. The van der Waals surface area contributed by atoms with Crippen molar-refractivity contribution < 1.29 is 0 Å². The molecule has 1 aliphatic carbocycles. The lowest BCUT2D eigenvalue weighted by atomic mass is 9.84. The molecule has 0 amide bonds. The molecule has 0 bridgehead atoms. The molecule has 2 unspecified atom stereocenters. The van der Waals surface area contributed by atoms with E-state index in [0.29, 0.717) is 0 Å². The van der Waals surface area contributed by atoms with Gasteiger partial charge in [0.15, 0.2) is 0 Å². The molecule has 0 heterocycles. The SMILES string of the molecule is CCCC(C)C(CNC1CC1)Cc1ccccc1C. The second kappa shape index (κ2) is 7.09. The van der Waals surface area contributed by atoms with Gasteiger partial charge in [0.05, 0.1) is 0 Å². The Kier molecular flexibility index (Phi) is 5.45. The number of aryl methyl sites for hydroxylation is 1. The van der Waals surface area contributed by atoms with Crippen molar-refractivity contribution in [3.05, 3.63) is 35.4 Å². The van der Waals surface area contributed by atoms with Crippen molar-refractivity contribution in [2.75, 3.05) is 6.54 Å². The van der Waals surface area contributed by atoms with Gasteiger partial charge in [-0.2, -0.15) is 0 Å². The van der Waals surface area contributed by atoms with Crippen molar-refractivity contribution in [3.63, 3.8) is 0 Å². The topological polar surface area (TPSA) is 12.0 Å². The first-order valence-electron chi connectivity index (χ1n) is 7.98. The molecule has 1 aliphatic rings. The number of hydrogen-bond acceptors (Lipinski definition) is 1. The van der Waals surface area contributed by atoms with Crippen LogP contribution in [0.3, 0.4) is 0 Å². The zero-order valence-corrected chi connectivity index (χ0v) is 12.8. The molecule has 1 fully saturated rings. The summed E-state index contributed by atoms with van der Waals surface area (Å²) in [5.41, 5.74) is 2.98. The minimum Gasteiger partial charge on any atom is -0.314 e. The van der Waals surface area contributed by atoms with Crippen LogP contribution in [0.25, 0.3) is 0 Å². The van der Waals surface area contributed by atoms with Crippen LogP contribution in [-0.2, 0) is 6.42 Å². The molecule has 1 nitrogen and oxygen atoms in total. The minimum absolute atomic E-state index is 0.779. The molecule has 1 aromatic carbocycles. The second-order valence-electron chi connectivity index (χ2n) is 6.34. The molecule has 0 aliphatic heterocycles. The van der Waals surface area contributed by atoms with E-state index in [0.717, 1.165) is 17.9 Å². The number of rotatable bonds is 8. The van der Waals surface area contributed by atoms with Crippen LogP contribution >= 0.6 is 0 Å². The van der Waals surface area contributed by atoms with E-state index >= 15 is 0 Å². The molecule has 106 valence electrons. The summed E-state index contributed by atoms with van der Waals surface area (Å²) in [4.78, 5) is 0. The van der Waals surface area contributed by atoms with E-state index in [4.69, 9.17) is 0 Å². The van der Waals surface area contributed by atoms with Gasteiger partial charge < -0.3 is 5.32 Å². The van der Waals surface area contributed by atoms with Crippen LogP contribution in [0.1, 0.15) is 50.7 Å². The fourth-order valence-corrected chi connectivity index (χ4v) is 2.89. The molecule has 0 saturated heterocycles. The zero-order valence-electron chi connectivity index (χ0n) is 12.8. The van der Waals surface area contributed by atoms with E-state index in [1.807, 2.05) is 0 Å². The van der Waals surface area contributed by atoms with E-state index in [2.05, 4.69) is 50.4 Å². The predicted octanol–water partition coefficient (Wildman–Crippen LogP) is 4.34. The first-order chi connectivity index (χ1) is 9.20. The minimum atomic E-state index is 0.779. The summed E-state index contributed by atoms with van der Waals surface area (Å²) in [6, 6.07) is 9.70. The molecule has 19 heavy (non-hydrogen) atoms. The van der Waals surface area contributed by atoms with Gasteiger partial charge in [0.25, 0.3) is 0 Å². The van der Waals surface area contributed by atoms with Gasteiger partial charge in [0.2, 0.25) is 0 Å². The lowest BCUT2D eigenvalue weighted by Gasteiger charge is -2.25. The Morgan fingerprint density at radius 2 is 2.00 bits per heavy atom. The Balaban J connectivity index is 1.96. The highest BCUT2D eigenvalue weighted by molar-refractivity contribution is 5.26. The van der Waals surface area contributed by atoms with Crippen molar-refractivity contribution in [1.29, 1.82) is 0 Å². The van der Waals surface area contributed by atoms with E-state index < -0.39 is 0 Å². The summed E-state index contributed by atoms with van der Waals surface area (Å²) in [5, 5.41) is 3.74. The van der Waals surface area contributed by atoms with Crippen LogP contribution in [0, 0.1) is 18.8 Å². The molecule has 1 aromatic rings. The van der Waals surface area contributed by atoms with Crippen LogP contribution in [0.4, 0.5) is 0 Å². The summed E-state index contributed by atoms with van der Waals surface area (Å²) in [6.45, 7) is 8.17. The van der Waals surface area contributed by atoms with Crippen LogP contribution in [0.15, 0.2) is 24.3 Å². The average Bonchev–Trinajstić information content (AvgIpc) is 3.21. The summed E-state index contributed by atoms with van der Waals surface area (Å²) in [5.74, 6) is 1.59. The smallest absolute Gasteiger partial charge is 0.00683 e. The summed E-state index contributed by atoms with van der Waals surface area (Å²) < 4.78 is 0. The molecule has 2 rings (SSSR count). The molecule has 2 atom stereocenters. The predicted molar refractivity (Wildman–Crippen MR) is 83.5 cm³/mol. The van der Waals surface area contributed by atoms with Crippen LogP contribution in [0.2, 0.25) is 0 Å². The Labute approximate surface area is 118 Å². The van der Waals surface area contributed by atoms with Gasteiger partial charge in [-0.3, -0.25) is 0 Å². The molecule has 1 heteroatoms. The van der Waals surface area contributed by atoms with E-state index in [-0.39, 0.29) is 0 Å². The highest BCUT2D eigenvalue weighted by Gasteiger charge is 2.24. The Morgan fingerprint density at radius 1 is 1.26 bits per heavy atom. The molecule has 1 N–H and O–H groups in total. The fraction of sp³-hybridized carbons (Fsp3) is 0.667. The molecule has 0 spiro atoms. The van der Waals surface area contributed by atoms with Gasteiger partial charge in [-0.1, -0.05) is 51.0 Å². The molecular weight excluding hydrogens is 230 g/mol. The van der Waals surface area contributed by atoms with Crippen LogP contribution in [-0.4, -0.2) is 12.6 Å². The van der Waals surface area contributed by atoms with Gasteiger partial charge in [-0.05, 0) is 55.7 Å². The van der Waals surface area contributed by atoms with Gasteiger partial charge in [0, 0.05) is 6.04 Å². The standard InChI is InChI=1S/C18H29N/c1-4-7-14(2)17(13-19-18-10-11-18)12-16-9-6-5-8-15(16)3/h5-6,8-9,14,17-19H,4,7,10-13H2,1-3H3. The normalized spacial score (nSPS) is 18.3. The number of nitrogens with one attached hydrogen (secondary N) is 1. The second-order valence-corrected chi connectivity index (χ2v) is 6.34. The highest BCUT2D eigenvalue weighted by atomic mass is 14.9. The average molecular weight is 259 g/mol. The van der Waals surface area contributed by atoms with E-state index in [1.54, 1.807) is 0 Å². The largest absolute Gasteiger partial charge is 0.314 e. The van der Waals surface area contributed by atoms with E-state index in [1.165, 1.54) is 49.8 Å². The van der Waals surface area contributed by atoms with Gasteiger partial charge in [-0.15, -0.1) is 0 Å². The lowest BCUT2D eigenvalue weighted by molar-refractivity contribution is 0.317. The van der Waals surface area contributed by atoms with Gasteiger partial charge in [0.1, 0.15) is 0 Å². The maximum absolute atomic E-state index is 3.74. The van der Waals surface area contributed by atoms with Crippen molar-refractivity contribution in [3.8, 4) is 0 Å². The Bertz CT molecular complexity index is 381. The Hall–Kier alpha value is -0.820. The summed E-state index contributed by atoms with van der Waals surface area (Å²) in [7, 11) is 0. The molecule has 0 aromatic heterocycles. The first kappa shape index (κ1) is 14.6. The maximum atomic E-state index is 3.74. The van der Waals surface area contributed by atoms with E-state index in [9.17, 15) is 0 Å². The number of benzene rings is 1. The number of hydrogen-bond donors (Lipinski definition) is 1. The quantitative estimate of drug-likeness (QED) is 0.732. The first-order valence-corrected chi connectivity index (χ1v) is 7.98. The molecule has 1 saturated carbocycles. The molecular formula is C18H29N. The third kappa shape index (κ3) is 4.65. The third-order valence-electron chi connectivity index (χ3n) is 4.54. The summed E-state index contributed by atoms with van der Waals surface area (Å²) >= 11 is 0. The van der Waals surface area contributed by atoms with Gasteiger partial charge >= 0.3 is 0 Å². The van der Waals surface area contributed by atoms with Crippen LogP contribution < -0.4 is 5.32 Å². The maximum Gasteiger partial charge on any atom is 0.00683 e. The van der Waals surface area contributed by atoms with Crippen molar-refractivity contribution in [2.45, 2.75) is 58.9 Å². The van der Waals surface area contributed by atoms with Gasteiger partial charge in [-0.25, -0.2) is 0 Å². The highest BCUT2D eigenvalue weighted by Crippen LogP contribution is 2.25. The third-order valence-corrected chi connectivity index (χ3v) is 4.54. The van der Waals surface area contributed by atoms with Crippen molar-refractivity contribution in [2.24, 2.45) is 11.8 Å². The lowest BCUT2D eigenvalue weighted by Crippen LogP contribution is -2.30.